The van der Waals surface area contributed by atoms with Crippen LogP contribution < -0.4 is 10.5 Å². The van der Waals surface area contributed by atoms with Crippen LogP contribution in [0.5, 0.6) is 0 Å². The van der Waals surface area contributed by atoms with Gasteiger partial charge in [-0.3, -0.25) is 9.59 Å². The van der Waals surface area contributed by atoms with Crippen LogP contribution in [-0.2, 0) is 19.4 Å². The average molecular weight is 485 g/mol. The summed E-state index contributed by atoms with van der Waals surface area (Å²) in [5.74, 6) is -0.162. The van der Waals surface area contributed by atoms with Crippen molar-refractivity contribution in [2.45, 2.75) is 32.2 Å². The number of carbonyl (C=O) groups is 1. The fraction of sp³-hybridized carbons (Fsp3) is 0.296. The van der Waals surface area contributed by atoms with E-state index in [1.54, 1.807) is 35.4 Å². The zero-order valence-electron chi connectivity index (χ0n) is 19.7. The highest BCUT2D eigenvalue weighted by Gasteiger charge is 2.26. The lowest BCUT2D eigenvalue weighted by Gasteiger charge is -2.29. The molecule has 0 radical (unpaired) electrons. The van der Waals surface area contributed by atoms with Crippen molar-refractivity contribution in [3.8, 4) is 0 Å². The molecule has 2 aromatic heterocycles. The average Bonchev–Trinajstić information content (AvgIpc) is 3.46. The van der Waals surface area contributed by atoms with Gasteiger partial charge in [0, 0.05) is 56.2 Å². The Balaban J connectivity index is 1.23. The van der Waals surface area contributed by atoms with E-state index < -0.39 is 5.82 Å². The molecule has 0 saturated carbocycles. The number of amides is 1. The van der Waals surface area contributed by atoms with E-state index in [0.717, 1.165) is 54.1 Å². The van der Waals surface area contributed by atoms with Crippen LogP contribution in [0.1, 0.15) is 45.7 Å². The van der Waals surface area contributed by atoms with E-state index in [-0.39, 0.29) is 17.0 Å². The largest absolute Gasteiger partial charge is 0.341 e. The van der Waals surface area contributed by atoms with Crippen LogP contribution in [-0.4, -0.2) is 50.6 Å². The van der Waals surface area contributed by atoms with Crippen molar-refractivity contribution in [3.63, 3.8) is 0 Å². The summed E-state index contributed by atoms with van der Waals surface area (Å²) in [5.41, 5.74) is 3.03. The lowest BCUT2D eigenvalue weighted by Crippen LogP contribution is -2.37. The maximum atomic E-state index is 14.8. The molecule has 2 aliphatic heterocycles. The Morgan fingerprint density at radius 2 is 1.86 bits per heavy atom. The number of nitrogens with one attached hydrogen (secondary N) is 1. The summed E-state index contributed by atoms with van der Waals surface area (Å²) in [6.45, 7) is 2.77. The predicted octanol–water partition coefficient (Wildman–Crippen LogP) is 3.24. The Hall–Kier alpha value is -4.14. The van der Waals surface area contributed by atoms with E-state index >= 15 is 0 Å². The first-order chi connectivity index (χ1) is 17.6. The van der Waals surface area contributed by atoms with Crippen LogP contribution in [0.25, 0.3) is 10.8 Å². The van der Waals surface area contributed by atoms with E-state index in [9.17, 15) is 14.0 Å². The van der Waals surface area contributed by atoms with Crippen LogP contribution in [0.3, 0.4) is 0 Å². The molecule has 8 nitrogen and oxygen atoms in total. The van der Waals surface area contributed by atoms with E-state index in [2.05, 4.69) is 20.1 Å². The Labute approximate surface area is 206 Å². The van der Waals surface area contributed by atoms with Gasteiger partial charge in [0.15, 0.2) is 0 Å². The van der Waals surface area contributed by atoms with Gasteiger partial charge in [0.05, 0.1) is 22.3 Å². The number of fused-ring (bicyclic) bond motifs is 2. The molecule has 2 aliphatic rings. The normalized spacial score (nSPS) is 15.4. The SMILES string of the molecule is O=C(c1cc(Cc2n[nH]c(=O)c3ccccc23)ccc1F)N1CCc2nc(N3CCCC3)ncc2C1. The van der Waals surface area contributed by atoms with E-state index in [4.69, 9.17) is 4.98 Å². The molecule has 36 heavy (non-hydrogen) atoms. The van der Waals surface area contributed by atoms with E-state index in [1.807, 2.05) is 12.1 Å². The second-order valence-corrected chi connectivity index (χ2v) is 9.35. The van der Waals surface area contributed by atoms with Crippen molar-refractivity contribution >= 4 is 22.6 Å². The van der Waals surface area contributed by atoms with Crippen molar-refractivity contribution in [1.29, 1.82) is 0 Å². The summed E-state index contributed by atoms with van der Waals surface area (Å²) in [6, 6.07) is 11.8. The highest BCUT2D eigenvalue weighted by atomic mass is 19.1. The summed E-state index contributed by atoms with van der Waals surface area (Å²) in [7, 11) is 0. The van der Waals surface area contributed by atoms with Gasteiger partial charge in [-0.05, 0) is 36.6 Å². The summed E-state index contributed by atoms with van der Waals surface area (Å²) >= 11 is 0. The lowest BCUT2D eigenvalue weighted by atomic mass is 10.0. The number of hydrogen-bond donors (Lipinski definition) is 1. The van der Waals surface area contributed by atoms with E-state index in [1.165, 1.54) is 6.07 Å². The number of rotatable bonds is 4. The van der Waals surface area contributed by atoms with Crippen molar-refractivity contribution in [2.24, 2.45) is 0 Å². The maximum Gasteiger partial charge on any atom is 0.272 e. The topological polar surface area (TPSA) is 95.1 Å². The number of anilines is 1. The fourth-order valence-corrected chi connectivity index (χ4v) is 5.06. The monoisotopic (exact) mass is 484 g/mol. The molecule has 0 atom stereocenters. The zero-order chi connectivity index (χ0) is 24.6. The minimum Gasteiger partial charge on any atom is -0.341 e. The number of nitrogens with zero attached hydrogens (tertiary/aromatic N) is 5. The first-order valence-corrected chi connectivity index (χ1v) is 12.2. The molecule has 4 aromatic rings. The first-order valence-electron chi connectivity index (χ1n) is 12.2. The second-order valence-electron chi connectivity index (χ2n) is 9.35. The number of halogens is 1. The Morgan fingerprint density at radius 1 is 1.06 bits per heavy atom. The van der Waals surface area contributed by atoms with Crippen LogP contribution >= 0.6 is 0 Å². The lowest BCUT2D eigenvalue weighted by molar-refractivity contribution is 0.0728. The van der Waals surface area contributed by atoms with Gasteiger partial charge in [-0.15, -0.1) is 0 Å². The fourth-order valence-electron chi connectivity index (χ4n) is 5.06. The predicted molar refractivity (Wildman–Crippen MR) is 133 cm³/mol. The molecule has 0 aliphatic carbocycles. The number of aromatic nitrogens is 4. The summed E-state index contributed by atoms with van der Waals surface area (Å²) in [4.78, 5) is 38.5. The Bertz CT molecular complexity index is 1530. The molecular weight excluding hydrogens is 459 g/mol. The van der Waals surface area contributed by atoms with Gasteiger partial charge in [0.25, 0.3) is 11.5 Å². The second kappa shape index (κ2) is 9.14. The number of carbonyl (C=O) groups excluding carboxylic acids is 1. The Morgan fingerprint density at radius 3 is 2.69 bits per heavy atom. The van der Waals surface area contributed by atoms with Crippen LogP contribution in [0.2, 0.25) is 0 Å². The van der Waals surface area contributed by atoms with Crippen LogP contribution in [0.15, 0.2) is 53.5 Å². The number of H-pyrrole nitrogens is 1. The third-order valence-corrected chi connectivity index (χ3v) is 7.01. The summed E-state index contributed by atoms with van der Waals surface area (Å²) < 4.78 is 14.8. The molecule has 0 spiro atoms. The molecule has 1 saturated heterocycles. The molecule has 1 N–H and O–H groups in total. The number of benzene rings is 2. The van der Waals surface area contributed by atoms with Gasteiger partial charge in [-0.2, -0.15) is 5.10 Å². The molecule has 2 aromatic carbocycles. The van der Waals surface area contributed by atoms with Gasteiger partial charge in [-0.1, -0.05) is 24.3 Å². The minimum absolute atomic E-state index is 0.0271. The molecule has 9 heteroatoms. The summed E-state index contributed by atoms with van der Waals surface area (Å²) in [5, 5.41) is 8.01. The van der Waals surface area contributed by atoms with Gasteiger partial charge in [0.1, 0.15) is 5.82 Å². The minimum atomic E-state index is -0.561. The molecule has 1 fully saturated rings. The maximum absolute atomic E-state index is 14.8. The highest BCUT2D eigenvalue weighted by Crippen LogP contribution is 2.24. The zero-order valence-corrected chi connectivity index (χ0v) is 19.7. The van der Waals surface area contributed by atoms with Gasteiger partial charge < -0.3 is 9.80 Å². The van der Waals surface area contributed by atoms with Gasteiger partial charge >= 0.3 is 0 Å². The van der Waals surface area contributed by atoms with Crippen molar-refractivity contribution in [1.82, 2.24) is 25.1 Å². The van der Waals surface area contributed by atoms with Crippen molar-refractivity contribution in [3.05, 3.63) is 92.9 Å². The van der Waals surface area contributed by atoms with Gasteiger partial charge in [0.2, 0.25) is 5.95 Å². The van der Waals surface area contributed by atoms with Crippen molar-refractivity contribution < 1.29 is 9.18 Å². The third-order valence-electron chi connectivity index (χ3n) is 7.01. The highest BCUT2D eigenvalue weighted by molar-refractivity contribution is 5.95. The molecule has 0 unspecified atom stereocenters. The smallest absolute Gasteiger partial charge is 0.272 e. The standard InChI is InChI=1S/C27H25FN6O2/c28-22-8-7-17(14-24-19-5-1-2-6-20(19)25(35)32-31-24)13-21(22)26(36)34-12-9-23-18(16-34)15-29-27(30-23)33-10-3-4-11-33/h1-2,5-8,13,15H,3-4,9-12,14,16H2,(H,32,35). The molecule has 6 rings (SSSR count). The third kappa shape index (κ3) is 4.10. The van der Waals surface area contributed by atoms with Crippen molar-refractivity contribution in [2.75, 3.05) is 24.5 Å². The molecule has 182 valence electrons. The van der Waals surface area contributed by atoms with Crippen LogP contribution in [0.4, 0.5) is 10.3 Å². The quantitative estimate of drug-likeness (QED) is 0.478. The number of aromatic amines is 1. The van der Waals surface area contributed by atoms with E-state index in [0.29, 0.717) is 37.0 Å². The van der Waals surface area contributed by atoms with Crippen LogP contribution in [0, 0.1) is 5.82 Å². The van der Waals surface area contributed by atoms with Gasteiger partial charge in [-0.25, -0.2) is 19.5 Å². The molecule has 1 amide bonds. The molecular formula is C27H25FN6O2. The molecule has 0 bridgehead atoms. The summed E-state index contributed by atoms with van der Waals surface area (Å²) in [6.07, 6.45) is 5.08. The molecule has 4 heterocycles. The first kappa shape index (κ1) is 22.3. The Kier molecular flexibility index (Phi) is 5.67. The number of hydrogen-bond acceptors (Lipinski definition) is 6.